The van der Waals surface area contributed by atoms with Crippen molar-refractivity contribution in [1.29, 1.82) is 0 Å². The first-order chi connectivity index (χ1) is 13.0. The highest BCUT2D eigenvalue weighted by atomic mass is 16.2. The number of nitrogens with one attached hydrogen (secondary N) is 1. The van der Waals surface area contributed by atoms with Crippen molar-refractivity contribution in [3.63, 3.8) is 0 Å². The number of rotatable bonds is 1. The van der Waals surface area contributed by atoms with Gasteiger partial charge in [0.2, 0.25) is 5.91 Å². The summed E-state index contributed by atoms with van der Waals surface area (Å²) in [6, 6.07) is 0. The highest BCUT2D eigenvalue weighted by molar-refractivity contribution is 5.91. The lowest BCUT2D eigenvalue weighted by Crippen LogP contribution is -2.58. The Kier molecular flexibility index (Phi) is 4.52. The third kappa shape index (κ3) is 2.93. The molecule has 2 saturated carbocycles. The van der Waals surface area contributed by atoms with Crippen molar-refractivity contribution in [2.45, 2.75) is 78.7 Å². The lowest BCUT2D eigenvalue weighted by molar-refractivity contribution is -0.135. The minimum Gasteiger partial charge on any atom is -0.377 e. The van der Waals surface area contributed by atoms with E-state index in [0.29, 0.717) is 30.0 Å². The number of hydrogen-bond donors (Lipinski definition) is 1. The number of carbonyl (C=O) groups excluding carboxylic acids is 2. The van der Waals surface area contributed by atoms with Gasteiger partial charge in [0.15, 0.2) is 5.78 Å². The number of nitrogens with zero attached hydrogens (tertiary/aromatic N) is 1. The maximum absolute atomic E-state index is 13.1. The van der Waals surface area contributed by atoms with Gasteiger partial charge >= 0.3 is 0 Å². The van der Waals surface area contributed by atoms with Gasteiger partial charge in [0.05, 0.1) is 0 Å². The van der Waals surface area contributed by atoms with Crippen LogP contribution in [0.2, 0.25) is 0 Å². The molecule has 1 amide bonds. The van der Waals surface area contributed by atoms with Crippen LogP contribution >= 0.6 is 0 Å². The average molecular weight is 387 g/mol. The fourth-order valence-corrected chi connectivity index (χ4v) is 7.46. The first kappa shape index (κ1) is 20.0. The fourth-order valence-electron chi connectivity index (χ4n) is 7.46. The van der Waals surface area contributed by atoms with Gasteiger partial charge in [-0.1, -0.05) is 13.8 Å². The predicted molar refractivity (Wildman–Crippen MR) is 111 cm³/mol. The number of carbonyl (C=O) groups is 2. The van der Waals surface area contributed by atoms with Crippen LogP contribution in [0.5, 0.6) is 0 Å². The number of hydrogen-bond acceptors (Lipinski definition) is 3. The van der Waals surface area contributed by atoms with Crippen LogP contribution < -0.4 is 5.32 Å². The smallest absolute Gasteiger partial charge is 0.224 e. The van der Waals surface area contributed by atoms with Gasteiger partial charge in [0, 0.05) is 48.7 Å². The van der Waals surface area contributed by atoms with Crippen LogP contribution in [-0.2, 0) is 9.59 Å². The van der Waals surface area contributed by atoms with E-state index in [1.807, 2.05) is 6.08 Å². The minimum atomic E-state index is -0.171. The molecular weight excluding hydrogens is 348 g/mol. The van der Waals surface area contributed by atoms with Crippen molar-refractivity contribution in [2.24, 2.45) is 34.5 Å². The van der Waals surface area contributed by atoms with E-state index in [4.69, 9.17) is 0 Å². The molecule has 1 aliphatic heterocycles. The van der Waals surface area contributed by atoms with Crippen LogP contribution in [0.4, 0.5) is 0 Å². The average Bonchev–Trinajstić information content (AvgIpc) is 2.93. The molecular formula is C24H38N2O2. The molecule has 4 nitrogen and oxygen atoms in total. The van der Waals surface area contributed by atoms with Gasteiger partial charge in [-0.05, 0) is 76.0 Å². The van der Waals surface area contributed by atoms with Crippen molar-refractivity contribution < 1.29 is 9.59 Å². The number of ketones is 1. The van der Waals surface area contributed by atoms with E-state index < -0.39 is 0 Å². The monoisotopic (exact) mass is 386 g/mol. The SMILES string of the molecule is CN1C[C@H]2[C@@H]3CC[C@H](C(=O)NC(C)(C)C)[C@@]3(C)CC[C@@H]2[C@@]2(C)CCC(=O)C=C12. The highest BCUT2D eigenvalue weighted by Gasteiger charge is 2.61. The van der Waals surface area contributed by atoms with Gasteiger partial charge in [-0.3, -0.25) is 9.59 Å². The van der Waals surface area contributed by atoms with Gasteiger partial charge in [0.25, 0.3) is 0 Å². The summed E-state index contributed by atoms with van der Waals surface area (Å²) in [4.78, 5) is 27.6. The zero-order valence-corrected chi connectivity index (χ0v) is 18.6. The fraction of sp³-hybridized carbons (Fsp3) is 0.833. The van der Waals surface area contributed by atoms with Crippen LogP contribution in [0.3, 0.4) is 0 Å². The molecule has 0 aromatic heterocycles. The zero-order chi connectivity index (χ0) is 20.5. The first-order valence-corrected chi connectivity index (χ1v) is 11.2. The molecule has 0 spiro atoms. The second-order valence-electron chi connectivity index (χ2n) is 11.6. The Morgan fingerprint density at radius 1 is 1.14 bits per heavy atom. The van der Waals surface area contributed by atoms with Crippen molar-refractivity contribution in [3.8, 4) is 0 Å². The Balaban J connectivity index is 1.62. The number of amides is 1. The number of piperidine rings is 1. The number of allylic oxidation sites excluding steroid dienone is 2. The lowest BCUT2D eigenvalue weighted by atomic mass is 9.49. The Morgan fingerprint density at radius 2 is 1.86 bits per heavy atom. The van der Waals surface area contributed by atoms with E-state index in [0.717, 1.165) is 25.8 Å². The molecule has 1 N–H and O–H groups in total. The minimum absolute atomic E-state index is 0.111. The molecule has 4 heteroatoms. The molecule has 0 aromatic carbocycles. The predicted octanol–water partition coefficient (Wildman–Crippen LogP) is 4.16. The summed E-state index contributed by atoms with van der Waals surface area (Å²) >= 11 is 0. The highest BCUT2D eigenvalue weighted by Crippen LogP contribution is 2.65. The summed E-state index contributed by atoms with van der Waals surface area (Å²) in [5, 5.41) is 3.26. The normalized spacial score (nSPS) is 43.0. The van der Waals surface area contributed by atoms with Gasteiger partial charge in [-0.15, -0.1) is 0 Å². The molecule has 1 heterocycles. The molecule has 28 heavy (non-hydrogen) atoms. The molecule has 4 rings (SSSR count). The Bertz CT molecular complexity index is 721. The topological polar surface area (TPSA) is 49.4 Å². The molecule has 156 valence electrons. The number of likely N-dealkylation sites (tertiary alicyclic amines) is 1. The van der Waals surface area contributed by atoms with Crippen molar-refractivity contribution >= 4 is 11.7 Å². The maximum atomic E-state index is 13.1. The Morgan fingerprint density at radius 3 is 2.54 bits per heavy atom. The van der Waals surface area contributed by atoms with E-state index in [-0.39, 0.29) is 28.2 Å². The molecule has 4 aliphatic rings. The molecule has 0 bridgehead atoms. The van der Waals surface area contributed by atoms with E-state index in [1.165, 1.54) is 18.5 Å². The number of fused-ring (bicyclic) bond motifs is 5. The second kappa shape index (κ2) is 6.34. The summed E-state index contributed by atoms with van der Waals surface area (Å²) < 4.78 is 0. The zero-order valence-electron chi connectivity index (χ0n) is 18.6. The van der Waals surface area contributed by atoms with Gasteiger partial charge in [0.1, 0.15) is 0 Å². The summed E-state index contributed by atoms with van der Waals surface area (Å²) in [6.45, 7) is 12.1. The van der Waals surface area contributed by atoms with Crippen LogP contribution in [0.15, 0.2) is 11.8 Å². The van der Waals surface area contributed by atoms with E-state index in [2.05, 4.69) is 51.9 Å². The van der Waals surface area contributed by atoms with Gasteiger partial charge in [-0.2, -0.15) is 0 Å². The largest absolute Gasteiger partial charge is 0.377 e. The van der Waals surface area contributed by atoms with E-state index in [1.54, 1.807) is 0 Å². The lowest BCUT2D eigenvalue weighted by Gasteiger charge is -2.60. The Hall–Kier alpha value is -1.32. The molecule has 6 atom stereocenters. The Labute approximate surface area is 170 Å². The summed E-state index contributed by atoms with van der Waals surface area (Å²) in [5.74, 6) is 2.58. The van der Waals surface area contributed by atoms with Crippen molar-refractivity contribution in [2.75, 3.05) is 13.6 Å². The molecule has 0 unspecified atom stereocenters. The van der Waals surface area contributed by atoms with Crippen LogP contribution in [0.25, 0.3) is 0 Å². The first-order valence-electron chi connectivity index (χ1n) is 11.2. The van der Waals surface area contributed by atoms with Crippen LogP contribution in [0.1, 0.15) is 73.1 Å². The standard InChI is InChI=1S/C24H38N2O2/c1-22(2,3)25-21(28)19-8-7-17-16-14-26(6)20-13-15(27)9-11-24(20,5)18(16)10-12-23(17,19)4/h13,16-19H,7-12,14H2,1-6H3,(H,25,28)/t16-,17-,18-,19+,23-,24+/m0/s1. The molecule has 0 radical (unpaired) electrons. The summed E-state index contributed by atoms with van der Waals surface area (Å²) in [5.41, 5.74) is 1.34. The molecule has 3 fully saturated rings. The third-order valence-electron chi connectivity index (χ3n) is 8.74. The third-order valence-corrected chi connectivity index (χ3v) is 8.74. The van der Waals surface area contributed by atoms with Crippen LogP contribution in [-0.4, -0.2) is 35.7 Å². The quantitative estimate of drug-likeness (QED) is 0.736. The van der Waals surface area contributed by atoms with E-state index in [9.17, 15) is 9.59 Å². The molecule has 1 saturated heterocycles. The second-order valence-corrected chi connectivity index (χ2v) is 11.6. The van der Waals surface area contributed by atoms with E-state index >= 15 is 0 Å². The van der Waals surface area contributed by atoms with Crippen LogP contribution in [0, 0.1) is 34.5 Å². The van der Waals surface area contributed by atoms with Crippen molar-refractivity contribution in [3.05, 3.63) is 11.8 Å². The van der Waals surface area contributed by atoms with Gasteiger partial charge in [-0.25, -0.2) is 0 Å². The van der Waals surface area contributed by atoms with Crippen molar-refractivity contribution in [1.82, 2.24) is 10.2 Å². The summed E-state index contributed by atoms with van der Waals surface area (Å²) in [6.07, 6.45) is 8.13. The molecule has 0 aromatic rings. The maximum Gasteiger partial charge on any atom is 0.224 e. The molecule has 3 aliphatic carbocycles. The summed E-state index contributed by atoms with van der Waals surface area (Å²) in [7, 11) is 2.17. The van der Waals surface area contributed by atoms with Gasteiger partial charge < -0.3 is 10.2 Å².